The van der Waals surface area contributed by atoms with E-state index in [1.807, 2.05) is 0 Å². The molecular weight excluding hydrogens is 512 g/mol. The van der Waals surface area contributed by atoms with Crippen LogP contribution in [-0.4, -0.2) is 30.2 Å². The van der Waals surface area contributed by atoms with Crippen LogP contribution in [0, 0.1) is 0 Å². The Balaban J connectivity index is 2.35. The minimum absolute atomic E-state index is 0.125. The number of nitrogens with one attached hydrogen (secondary N) is 2. The lowest BCUT2D eigenvalue weighted by atomic mass is 10.1. The zero-order valence-corrected chi connectivity index (χ0v) is 25.6. The van der Waals surface area contributed by atoms with Crippen molar-refractivity contribution >= 4 is 34.3 Å². The Bertz CT molecular complexity index is 915. The average Bonchev–Trinajstić information content (AvgIpc) is 3.27. The van der Waals surface area contributed by atoms with E-state index in [4.69, 9.17) is 9.47 Å². The molecule has 1 heterocycles. The molecule has 0 unspecified atom stereocenters. The number of ether oxygens (including phenoxy) is 2. The Morgan fingerprint density at radius 2 is 1.54 bits per heavy atom. The first-order valence-corrected chi connectivity index (χ1v) is 15.3. The van der Waals surface area contributed by atoms with E-state index in [0.717, 1.165) is 43.4 Å². The Kier molecular flexibility index (Phi) is 17.9. The number of alkyl carbamates (subject to hydrolysis) is 1. The van der Waals surface area contributed by atoms with Crippen LogP contribution in [0.25, 0.3) is 0 Å². The molecule has 1 aromatic rings. The molecule has 1 rings (SSSR count). The highest BCUT2D eigenvalue weighted by Crippen LogP contribution is 2.29. The summed E-state index contributed by atoms with van der Waals surface area (Å²) in [6.07, 6.45) is 21.3. The summed E-state index contributed by atoms with van der Waals surface area (Å²) < 4.78 is 10.4. The third kappa shape index (κ3) is 17.6. The number of thiophene rings is 1. The smallest absolute Gasteiger partial charge is 0.407 e. The molecule has 39 heavy (non-hydrogen) atoms. The molecule has 2 amide bonds. The highest BCUT2D eigenvalue weighted by molar-refractivity contribution is 7.16. The molecule has 0 saturated heterocycles. The van der Waals surface area contributed by atoms with Gasteiger partial charge >= 0.3 is 12.1 Å². The zero-order valence-electron chi connectivity index (χ0n) is 24.7. The Morgan fingerprint density at radius 1 is 0.897 bits per heavy atom. The maximum Gasteiger partial charge on any atom is 0.407 e. The quantitative estimate of drug-likeness (QED) is 0.0999. The largest absolute Gasteiger partial charge is 0.462 e. The van der Waals surface area contributed by atoms with Crippen molar-refractivity contribution in [3.63, 3.8) is 0 Å². The van der Waals surface area contributed by atoms with Crippen LogP contribution >= 0.6 is 11.3 Å². The fourth-order valence-electron chi connectivity index (χ4n) is 3.74. The molecule has 0 aliphatic rings. The number of amides is 2. The molecule has 1 aromatic heterocycles. The molecule has 0 saturated carbocycles. The van der Waals surface area contributed by atoms with Crippen molar-refractivity contribution in [3.05, 3.63) is 40.8 Å². The first kappa shape index (κ1) is 34.4. The molecule has 7 nitrogen and oxygen atoms in total. The van der Waals surface area contributed by atoms with E-state index >= 15 is 0 Å². The van der Waals surface area contributed by atoms with E-state index in [1.54, 1.807) is 33.8 Å². The van der Waals surface area contributed by atoms with Crippen molar-refractivity contribution in [2.24, 2.45) is 0 Å². The molecule has 8 heteroatoms. The Morgan fingerprint density at radius 3 is 2.18 bits per heavy atom. The van der Waals surface area contributed by atoms with Gasteiger partial charge in [0.15, 0.2) is 0 Å². The van der Waals surface area contributed by atoms with Crippen LogP contribution in [0.1, 0.15) is 127 Å². The summed E-state index contributed by atoms with van der Waals surface area (Å²) in [7, 11) is 0. The van der Waals surface area contributed by atoms with Crippen molar-refractivity contribution in [1.29, 1.82) is 0 Å². The number of allylic oxidation sites excluding steroid dienone is 4. The fraction of sp³-hybridized carbons (Fsp3) is 0.645. The van der Waals surface area contributed by atoms with E-state index in [1.165, 1.54) is 43.4 Å². The van der Waals surface area contributed by atoms with Gasteiger partial charge in [0.05, 0.1) is 18.7 Å². The third-order valence-electron chi connectivity index (χ3n) is 5.69. The first-order chi connectivity index (χ1) is 18.7. The number of anilines is 1. The van der Waals surface area contributed by atoms with Gasteiger partial charge in [-0.3, -0.25) is 4.79 Å². The SMILES string of the molecule is CCCCC/C=C\C/C=C\CCCCCCCC(=O)Nc1sc(CNC(=O)OC(C)(C)C)cc1C(=O)OCC. The van der Waals surface area contributed by atoms with Crippen LogP contribution in [0.15, 0.2) is 30.4 Å². The van der Waals surface area contributed by atoms with E-state index in [2.05, 4.69) is 41.9 Å². The maximum absolute atomic E-state index is 12.6. The predicted octanol–water partition coefficient (Wildman–Crippen LogP) is 8.70. The lowest BCUT2D eigenvalue weighted by Gasteiger charge is -2.19. The summed E-state index contributed by atoms with van der Waals surface area (Å²) in [4.78, 5) is 37.6. The van der Waals surface area contributed by atoms with Gasteiger partial charge in [-0.05, 0) is 72.3 Å². The van der Waals surface area contributed by atoms with Crippen LogP contribution < -0.4 is 10.6 Å². The van der Waals surface area contributed by atoms with Gasteiger partial charge < -0.3 is 20.1 Å². The molecule has 0 spiro atoms. The number of hydrogen-bond donors (Lipinski definition) is 2. The molecule has 0 aliphatic carbocycles. The van der Waals surface area contributed by atoms with Gasteiger partial charge in [-0.2, -0.15) is 0 Å². The summed E-state index contributed by atoms with van der Waals surface area (Å²) in [6.45, 7) is 9.75. The van der Waals surface area contributed by atoms with E-state index in [0.29, 0.717) is 17.0 Å². The van der Waals surface area contributed by atoms with Gasteiger partial charge in [0, 0.05) is 11.3 Å². The summed E-state index contributed by atoms with van der Waals surface area (Å²) in [5.41, 5.74) is -0.299. The fourth-order valence-corrected chi connectivity index (χ4v) is 4.74. The van der Waals surface area contributed by atoms with E-state index in [-0.39, 0.29) is 19.1 Å². The van der Waals surface area contributed by atoms with Crippen LogP contribution in [-0.2, 0) is 20.8 Å². The third-order valence-corrected chi connectivity index (χ3v) is 6.74. The maximum atomic E-state index is 12.6. The van der Waals surface area contributed by atoms with Crippen LogP contribution in [0.3, 0.4) is 0 Å². The molecule has 0 fully saturated rings. The second-order valence-corrected chi connectivity index (χ2v) is 11.7. The summed E-state index contributed by atoms with van der Waals surface area (Å²) in [5, 5.41) is 5.99. The van der Waals surface area contributed by atoms with Crippen molar-refractivity contribution in [2.75, 3.05) is 11.9 Å². The molecular formula is C31H50N2O5S. The highest BCUT2D eigenvalue weighted by atomic mass is 32.1. The lowest BCUT2D eigenvalue weighted by molar-refractivity contribution is -0.116. The van der Waals surface area contributed by atoms with E-state index in [9.17, 15) is 14.4 Å². The summed E-state index contributed by atoms with van der Waals surface area (Å²) >= 11 is 1.25. The van der Waals surface area contributed by atoms with Gasteiger partial charge in [0.1, 0.15) is 10.6 Å². The van der Waals surface area contributed by atoms with Crippen LogP contribution in [0.2, 0.25) is 0 Å². The van der Waals surface area contributed by atoms with Crippen molar-refractivity contribution in [3.8, 4) is 0 Å². The second-order valence-electron chi connectivity index (χ2n) is 10.6. The first-order valence-electron chi connectivity index (χ1n) is 14.5. The molecule has 0 aliphatic heterocycles. The topological polar surface area (TPSA) is 93.7 Å². The average molecular weight is 563 g/mol. The van der Waals surface area contributed by atoms with Crippen molar-refractivity contribution in [1.82, 2.24) is 5.32 Å². The number of carbonyl (C=O) groups is 3. The van der Waals surface area contributed by atoms with Crippen molar-refractivity contribution < 1.29 is 23.9 Å². The Hall–Kier alpha value is -2.61. The lowest BCUT2D eigenvalue weighted by Crippen LogP contribution is -2.31. The molecule has 2 N–H and O–H groups in total. The monoisotopic (exact) mass is 562 g/mol. The second kappa shape index (κ2) is 20.3. The van der Waals surface area contributed by atoms with Gasteiger partial charge in [0.25, 0.3) is 0 Å². The molecule has 0 aromatic carbocycles. The zero-order chi connectivity index (χ0) is 28.9. The van der Waals surface area contributed by atoms with Crippen LogP contribution in [0.5, 0.6) is 0 Å². The minimum Gasteiger partial charge on any atom is -0.462 e. The normalized spacial score (nSPS) is 11.7. The highest BCUT2D eigenvalue weighted by Gasteiger charge is 2.20. The Labute approximate surface area is 239 Å². The standard InChI is InChI=1S/C31H50N2O5S/c1-6-8-9-10-11-12-13-14-15-16-17-18-19-20-21-22-27(34)33-28-26(29(35)37-7-2)23-25(39-28)24-32-30(36)38-31(3,4)5/h11-12,14-15,23H,6-10,13,16-22,24H2,1-5H3,(H,32,36)(H,33,34)/b12-11-,15-14-. The summed E-state index contributed by atoms with van der Waals surface area (Å²) in [6, 6.07) is 1.65. The van der Waals surface area contributed by atoms with E-state index < -0.39 is 17.7 Å². The number of hydrogen-bond acceptors (Lipinski definition) is 6. The van der Waals surface area contributed by atoms with Gasteiger partial charge in [-0.15, -0.1) is 11.3 Å². The molecule has 0 bridgehead atoms. The number of rotatable bonds is 19. The number of unbranched alkanes of at least 4 members (excludes halogenated alkanes) is 8. The van der Waals surface area contributed by atoms with Gasteiger partial charge in [-0.1, -0.05) is 63.3 Å². The van der Waals surface area contributed by atoms with Crippen molar-refractivity contribution in [2.45, 2.75) is 124 Å². The van der Waals surface area contributed by atoms with Gasteiger partial charge in [0.2, 0.25) is 5.91 Å². The molecule has 0 radical (unpaired) electrons. The minimum atomic E-state index is -0.601. The van der Waals surface area contributed by atoms with Gasteiger partial charge in [-0.25, -0.2) is 9.59 Å². The molecule has 0 atom stereocenters. The van der Waals surface area contributed by atoms with Crippen LogP contribution in [0.4, 0.5) is 9.80 Å². The number of carbonyl (C=O) groups excluding carboxylic acids is 3. The predicted molar refractivity (Wildman–Crippen MR) is 161 cm³/mol. The number of esters is 1. The molecule has 220 valence electrons. The summed E-state index contributed by atoms with van der Waals surface area (Å²) in [5.74, 6) is -0.621.